The van der Waals surface area contributed by atoms with Gasteiger partial charge in [0, 0.05) is 17.9 Å². The van der Waals surface area contributed by atoms with Gasteiger partial charge in [0.2, 0.25) is 0 Å². The van der Waals surface area contributed by atoms with Crippen LogP contribution in [0.5, 0.6) is 0 Å². The molecule has 72 valence electrons. The van der Waals surface area contributed by atoms with Crippen LogP contribution < -0.4 is 5.32 Å². The molecule has 1 heterocycles. The maximum absolute atomic E-state index is 8.54. The topological polar surface area (TPSA) is 48.7 Å². The molecule has 0 atom stereocenters. The highest BCUT2D eigenvalue weighted by molar-refractivity contribution is 5.44. The zero-order chi connectivity index (χ0) is 9.80. The van der Waals surface area contributed by atoms with E-state index in [1.165, 1.54) is 19.3 Å². The molecule has 14 heavy (non-hydrogen) atoms. The van der Waals surface area contributed by atoms with E-state index in [2.05, 4.69) is 16.4 Å². The van der Waals surface area contributed by atoms with Gasteiger partial charge in [-0.1, -0.05) is 0 Å². The van der Waals surface area contributed by atoms with E-state index in [-0.39, 0.29) is 0 Å². The maximum atomic E-state index is 8.54. The lowest BCUT2D eigenvalue weighted by atomic mass is 9.93. The summed E-state index contributed by atoms with van der Waals surface area (Å²) in [6.45, 7) is 0. The molecule has 1 aliphatic carbocycles. The first-order valence-corrected chi connectivity index (χ1v) is 4.97. The minimum absolute atomic E-state index is 0.389. The zero-order valence-corrected chi connectivity index (χ0v) is 8.03. The number of hydrogen-bond acceptors (Lipinski definition) is 3. The lowest BCUT2D eigenvalue weighted by molar-refractivity contribution is 0.445. The van der Waals surface area contributed by atoms with E-state index in [1.54, 1.807) is 6.20 Å². The van der Waals surface area contributed by atoms with Crippen LogP contribution in [-0.4, -0.2) is 11.0 Å². The van der Waals surface area contributed by atoms with Gasteiger partial charge >= 0.3 is 0 Å². The van der Waals surface area contributed by atoms with Crippen LogP contribution in [0.3, 0.4) is 0 Å². The van der Waals surface area contributed by atoms with E-state index in [0.717, 1.165) is 11.4 Å². The van der Waals surface area contributed by atoms with Crippen molar-refractivity contribution < 1.29 is 0 Å². The average molecular weight is 187 g/mol. The highest BCUT2D eigenvalue weighted by atomic mass is 14.9. The fourth-order valence-electron chi connectivity index (χ4n) is 1.53. The Labute approximate surface area is 83.8 Å². The molecule has 0 amide bonds. The van der Waals surface area contributed by atoms with Crippen molar-refractivity contribution in [2.24, 2.45) is 0 Å². The number of aromatic nitrogens is 1. The highest BCUT2D eigenvalue weighted by Gasteiger charge is 2.16. The molecule has 0 unspecified atom stereocenters. The molecule has 0 saturated heterocycles. The van der Waals surface area contributed by atoms with E-state index < -0.39 is 0 Å². The smallest absolute Gasteiger partial charge is 0.0775 e. The Morgan fingerprint density at radius 1 is 1.57 bits per heavy atom. The van der Waals surface area contributed by atoms with Crippen LogP contribution in [-0.2, 0) is 6.42 Å². The number of nitrogens with zero attached hydrogens (tertiary/aromatic N) is 2. The summed E-state index contributed by atoms with van der Waals surface area (Å²) in [5.41, 5.74) is 1.94. The Balaban J connectivity index is 2.02. The van der Waals surface area contributed by atoms with E-state index in [1.807, 2.05) is 12.1 Å². The van der Waals surface area contributed by atoms with Gasteiger partial charge in [0.1, 0.15) is 0 Å². The molecule has 2 rings (SSSR count). The number of nitrogens with one attached hydrogen (secondary N) is 1. The fraction of sp³-hybridized carbons (Fsp3) is 0.455. The number of nitriles is 1. The van der Waals surface area contributed by atoms with Crippen LogP contribution in [0.4, 0.5) is 5.69 Å². The van der Waals surface area contributed by atoms with Crippen molar-refractivity contribution in [1.82, 2.24) is 4.98 Å². The van der Waals surface area contributed by atoms with Gasteiger partial charge in [-0.2, -0.15) is 5.26 Å². The van der Waals surface area contributed by atoms with Crippen molar-refractivity contribution in [3.8, 4) is 6.07 Å². The largest absolute Gasteiger partial charge is 0.382 e. The van der Waals surface area contributed by atoms with Gasteiger partial charge in [-0.25, -0.2) is 0 Å². The predicted molar refractivity (Wildman–Crippen MR) is 54.8 cm³/mol. The lowest BCUT2D eigenvalue weighted by Gasteiger charge is -2.27. The van der Waals surface area contributed by atoms with Crippen LogP contribution in [0.25, 0.3) is 0 Å². The van der Waals surface area contributed by atoms with Gasteiger partial charge < -0.3 is 5.32 Å². The van der Waals surface area contributed by atoms with Crippen molar-refractivity contribution >= 4 is 5.69 Å². The monoisotopic (exact) mass is 187 g/mol. The van der Waals surface area contributed by atoms with Crippen molar-refractivity contribution in [3.05, 3.63) is 24.0 Å². The highest BCUT2D eigenvalue weighted by Crippen LogP contribution is 2.23. The van der Waals surface area contributed by atoms with E-state index in [9.17, 15) is 0 Å². The van der Waals surface area contributed by atoms with Crippen molar-refractivity contribution in [2.45, 2.75) is 31.7 Å². The zero-order valence-electron chi connectivity index (χ0n) is 8.03. The number of rotatable bonds is 3. The summed E-state index contributed by atoms with van der Waals surface area (Å²) in [4.78, 5) is 4.12. The quantitative estimate of drug-likeness (QED) is 0.788. The van der Waals surface area contributed by atoms with Crippen LogP contribution in [0.15, 0.2) is 18.3 Å². The molecule has 0 aromatic carbocycles. The maximum Gasteiger partial charge on any atom is 0.0775 e. The molecule has 1 aromatic heterocycles. The summed E-state index contributed by atoms with van der Waals surface area (Å²) >= 11 is 0. The van der Waals surface area contributed by atoms with E-state index in [4.69, 9.17) is 5.26 Å². The first kappa shape index (κ1) is 9.01. The van der Waals surface area contributed by atoms with E-state index in [0.29, 0.717) is 12.5 Å². The normalized spacial score (nSPS) is 15.6. The second-order valence-corrected chi connectivity index (χ2v) is 3.64. The second kappa shape index (κ2) is 4.10. The van der Waals surface area contributed by atoms with Crippen molar-refractivity contribution in [1.29, 1.82) is 5.26 Å². The molecule has 3 nitrogen and oxygen atoms in total. The second-order valence-electron chi connectivity index (χ2n) is 3.64. The van der Waals surface area contributed by atoms with Crippen LogP contribution in [0, 0.1) is 11.3 Å². The third-order valence-electron chi connectivity index (χ3n) is 2.55. The molecule has 1 saturated carbocycles. The molecule has 3 heteroatoms. The lowest BCUT2D eigenvalue weighted by Crippen LogP contribution is -2.26. The molecule has 0 spiro atoms. The van der Waals surface area contributed by atoms with Gasteiger partial charge in [0.25, 0.3) is 0 Å². The molecule has 1 aliphatic rings. The molecular formula is C11H13N3. The van der Waals surface area contributed by atoms with Gasteiger partial charge in [0.05, 0.1) is 18.2 Å². The molecule has 1 aromatic rings. The Bertz CT molecular complexity index is 350. The Hall–Kier alpha value is -1.56. The van der Waals surface area contributed by atoms with Gasteiger partial charge in [-0.3, -0.25) is 4.98 Å². The Morgan fingerprint density at radius 3 is 3.07 bits per heavy atom. The molecule has 1 N–H and O–H groups in total. The average Bonchev–Trinajstić information content (AvgIpc) is 2.13. The third-order valence-corrected chi connectivity index (χ3v) is 2.55. The van der Waals surface area contributed by atoms with Crippen LogP contribution in [0.1, 0.15) is 25.0 Å². The summed E-state index contributed by atoms with van der Waals surface area (Å²) in [7, 11) is 0. The minimum Gasteiger partial charge on any atom is -0.382 e. The Kier molecular flexibility index (Phi) is 2.64. The first-order chi connectivity index (χ1) is 6.88. The number of pyridine rings is 1. The summed E-state index contributed by atoms with van der Waals surface area (Å²) in [6.07, 6.45) is 5.99. The predicted octanol–water partition coefficient (Wildman–Crippen LogP) is 2.11. The van der Waals surface area contributed by atoms with Crippen molar-refractivity contribution in [2.75, 3.05) is 5.32 Å². The summed E-state index contributed by atoms with van der Waals surface area (Å²) < 4.78 is 0. The SMILES string of the molecule is N#CCc1cc(NC2CCC2)ccn1. The third kappa shape index (κ3) is 2.02. The molecule has 0 radical (unpaired) electrons. The summed E-state index contributed by atoms with van der Waals surface area (Å²) in [5, 5.41) is 12.0. The number of anilines is 1. The number of hydrogen-bond donors (Lipinski definition) is 1. The Morgan fingerprint density at radius 2 is 2.43 bits per heavy atom. The fourth-order valence-corrected chi connectivity index (χ4v) is 1.53. The molecule has 1 fully saturated rings. The minimum atomic E-state index is 0.389. The van der Waals surface area contributed by atoms with Gasteiger partial charge in [0.15, 0.2) is 0 Å². The van der Waals surface area contributed by atoms with Crippen LogP contribution >= 0.6 is 0 Å². The van der Waals surface area contributed by atoms with Gasteiger partial charge in [-0.15, -0.1) is 0 Å². The van der Waals surface area contributed by atoms with Gasteiger partial charge in [-0.05, 0) is 31.4 Å². The van der Waals surface area contributed by atoms with E-state index >= 15 is 0 Å². The molecule has 0 bridgehead atoms. The molecular weight excluding hydrogens is 174 g/mol. The van der Waals surface area contributed by atoms with Crippen molar-refractivity contribution in [3.63, 3.8) is 0 Å². The standard InChI is InChI=1S/C11H13N3/c12-6-4-10-8-11(5-7-13-10)14-9-2-1-3-9/h5,7-9H,1-4H2,(H,13,14). The summed E-state index contributed by atoms with van der Waals surface area (Å²) in [6, 6.07) is 6.65. The summed E-state index contributed by atoms with van der Waals surface area (Å²) in [5.74, 6) is 0. The molecule has 0 aliphatic heterocycles. The van der Waals surface area contributed by atoms with Crippen LogP contribution in [0.2, 0.25) is 0 Å². The first-order valence-electron chi connectivity index (χ1n) is 4.97.